The number of nitrogens with one attached hydrogen (secondary N) is 2. The third-order valence-corrected chi connectivity index (χ3v) is 4.17. The van der Waals surface area contributed by atoms with Gasteiger partial charge in [0.2, 0.25) is 0 Å². The fraction of sp³-hybridized carbons (Fsp3) is 0.125. The van der Waals surface area contributed by atoms with Gasteiger partial charge in [-0.2, -0.15) is 5.10 Å². The minimum absolute atomic E-state index is 0.164. The van der Waals surface area contributed by atoms with E-state index in [0.29, 0.717) is 12.1 Å². The molecule has 5 nitrogen and oxygen atoms in total. The van der Waals surface area contributed by atoms with Gasteiger partial charge in [0.1, 0.15) is 5.75 Å². The lowest BCUT2D eigenvalue weighted by molar-refractivity contribution is 0.0951. The molecule has 0 aliphatic heterocycles. The predicted molar refractivity (Wildman–Crippen MR) is 86.1 cm³/mol. The van der Waals surface area contributed by atoms with Crippen LogP contribution in [0.5, 0.6) is 5.75 Å². The first kappa shape index (κ1) is 14.3. The molecule has 0 fully saturated rings. The molecule has 0 aliphatic rings. The summed E-state index contributed by atoms with van der Waals surface area (Å²) in [5.41, 5.74) is 2.21. The molecule has 2 heterocycles. The first-order chi connectivity index (χ1) is 10.8. The Kier molecular flexibility index (Phi) is 4.20. The third-order valence-electron chi connectivity index (χ3n) is 3.28. The monoisotopic (exact) mass is 313 g/mol. The number of methoxy groups -OCH3 is 1. The summed E-state index contributed by atoms with van der Waals surface area (Å²) in [5.74, 6) is 0.594. The number of H-pyrrole nitrogens is 1. The summed E-state index contributed by atoms with van der Waals surface area (Å²) >= 11 is 1.56. The maximum atomic E-state index is 12.4. The summed E-state index contributed by atoms with van der Waals surface area (Å²) in [5, 5.41) is 11.7. The van der Waals surface area contributed by atoms with Crippen molar-refractivity contribution in [3.05, 3.63) is 59.1 Å². The van der Waals surface area contributed by atoms with E-state index in [4.69, 9.17) is 4.74 Å². The topological polar surface area (TPSA) is 67.0 Å². The van der Waals surface area contributed by atoms with Crippen molar-refractivity contribution < 1.29 is 9.53 Å². The van der Waals surface area contributed by atoms with E-state index < -0.39 is 0 Å². The van der Waals surface area contributed by atoms with E-state index in [1.165, 1.54) is 0 Å². The Labute approximate surface area is 132 Å². The Balaban J connectivity index is 1.75. The zero-order chi connectivity index (χ0) is 15.4. The number of amides is 1. The molecule has 0 aliphatic carbocycles. The average molecular weight is 313 g/mol. The van der Waals surface area contributed by atoms with Crippen LogP contribution in [-0.4, -0.2) is 23.2 Å². The highest BCUT2D eigenvalue weighted by Gasteiger charge is 2.16. The Bertz CT molecular complexity index is 765. The summed E-state index contributed by atoms with van der Waals surface area (Å²) in [6.45, 7) is 0.401. The van der Waals surface area contributed by atoms with Crippen LogP contribution in [0.1, 0.15) is 15.9 Å². The number of hydrogen-bond acceptors (Lipinski definition) is 4. The first-order valence-electron chi connectivity index (χ1n) is 6.77. The number of aromatic amines is 1. The number of para-hydroxylation sites is 1. The number of aromatic nitrogens is 2. The molecule has 22 heavy (non-hydrogen) atoms. The first-order valence-corrected chi connectivity index (χ1v) is 7.65. The molecule has 0 radical (unpaired) electrons. The summed E-state index contributed by atoms with van der Waals surface area (Å²) in [6, 6.07) is 11.5. The van der Waals surface area contributed by atoms with Crippen molar-refractivity contribution in [2.24, 2.45) is 0 Å². The van der Waals surface area contributed by atoms with Crippen LogP contribution in [0.25, 0.3) is 10.6 Å². The van der Waals surface area contributed by atoms with E-state index in [-0.39, 0.29) is 5.91 Å². The minimum Gasteiger partial charge on any atom is -0.496 e. The van der Waals surface area contributed by atoms with E-state index in [1.807, 2.05) is 41.8 Å². The lowest BCUT2D eigenvalue weighted by Crippen LogP contribution is -2.23. The molecule has 0 saturated heterocycles. The molecule has 0 bridgehead atoms. The van der Waals surface area contributed by atoms with Crippen molar-refractivity contribution in [1.82, 2.24) is 15.5 Å². The molecule has 112 valence electrons. The smallest absolute Gasteiger partial charge is 0.255 e. The van der Waals surface area contributed by atoms with Crippen LogP contribution >= 0.6 is 11.3 Å². The largest absolute Gasteiger partial charge is 0.496 e. The van der Waals surface area contributed by atoms with Crippen molar-refractivity contribution >= 4 is 17.2 Å². The quantitative estimate of drug-likeness (QED) is 0.760. The Morgan fingerprint density at radius 2 is 2.18 bits per heavy atom. The van der Waals surface area contributed by atoms with Crippen LogP contribution < -0.4 is 10.1 Å². The van der Waals surface area contributed by atoms with E-state index in [9.17, 15) is 4.79 Å². The van der Waals surface area contributed by atoms with Crippen LogP contribution in [0, 0.1) is 0 Å². The molecular weight excluding hydrogens is 298 g/mol. The maximum Gasteiger partial charge on any atom is 0.255 e. The Hall–Kier alpha value is -2.60. The van der Waals surface area contributed by atoms with Gasteiger partial charge in [0.25, 0.3) is 5.91 Å². The van der Waals surface area contributed by atoms with Gasteiger partial charge in [0, 0.05) is 12.1 Å². The van der Waals surface area contributed by atoms with Crippen LogP contribution in [0.15, 0.2) is 48.0 Å². The summed E-state index contributed by atoms with van der Waals surface area (Å²) in [6.07, 6.45) is 1.55. The highest BCUT2D eigenvalue weighted by molar-refractivity contribution is 7.13. The van der Waals surface area contributed by atoms with Gasteiger partial charge in [-0.25, -0.2) is 0 Å². The summed E-state index contributed by atoms with van der Waals surface area (Å²) < 4.78 is 5.28. The van der Waals surface area contributed by atoms with E-state index in [0.717, 1.165) is 21.9 Å². The van der Waals surface area contributed by atoms with Gasteiger partial charge in [-0.1, -0.05) is 24.3 Å². The number of hydrogen-bond donors (Lipinski definition) is 2. The van der Waals surface area contributed by atoms with Gasteiger partial charge >= 0.3 is 0 Å². The van der Waals surface area contributed by atoms with Gasteiger partial charge in [0.05, 0.1) is 29.4 Å². The van der Waals surface area contributed by atoms with Crippen molar-refractivity contribution in [2.45, 2.75) is 6.54 Å². The van der Waals surface area contributed by atoms with Gasteiger partial charge < -0.3 is 10.1 Å². The van der Waals surface area contributed by atoms with Gasteiger partial charge in [-0.15, -0.1) is 11.3 Å². The lowest BCUT2D eigenvalue weighted by Gasteiger charge is -2.09. The molecule has 3 aromatic rings. The molecule has 2 aromatic heterocycles. The number of benzene rings is 1. The molecule has 1 amide bonds. The molecule has 6 heteroatoms. The highest BCUT2D eigenvalue weighted by Crippen LogP contribution is 2.25. The lowest BCUT2D eigenvalue weighted by atomic mass is 10.1. The van der Waals surface area contributed by atoms with Crippen LogP contribution in [0.4, 0.5) is 0 Å². The molecule has 0 saturated carbocycles. The fourth-order valence-electron chi connectivity index (χ4n) is 2.19. The fourth-order valence-corrected chi connectivity index (χ4v) is 2.92. The van der Waals surface area contributed by atoms with Crippen molar-refractivity contribution in [3.63, 3.8) is 0 Å². The van der Waals surface area contributed by atoms with Crippen LogP contribution in [0.2, 0.25) is 0 Å². The molecule has 2 N–H and O–H groups in total. The third kappa shape index (κ3) is 2.87. The Morgan fingerprint density at radius 3 is 2.95 bits per heavy atom. The molecule has 0 unspecified atom stereocenters. The normalized spacial score (nSPS) is 10.4. The van der Waals surface area contributed by atoms with E-state index >= 15 is 0 Å². The SMILES string of the molecule is COc1ccccc1CNC(=O)c1cn[nH]c1-c1cccs1. The number of thiophene rings is 1. The second-order valence-corrected chi connectivity index (χ2v) is 5.58. The van der Waals surface area contributed by atoms with Crippen molar-refractivity contribution in [1.29, 1.82) is 0 Å². The average Bonchev–Trinajstić information content (AvgIpc) is 3.23. The minimum atomic E-state index is -0.164. The van der Waals surface area contributed by atoms with Gasteiger partial charge in [0.15, 0.2) is 0 Å². The van der Waals surface area contributed by atoms with Crippen molar-refractivity contribution in [2.75, 3.05) is 7.11 Å². The van der Waals surface area contributed by atoms with E-state index in [2.05, 4.69) is 15.5 Å². The number of carbonyl (C=O) groups excluding carboxylic acids is 1. The predicted octanol–water partition coefficient (Wildman–Crippen LogP) is 3.08. The summed E-state index contributed by atoms with van der Waals surface area (Å²) in [7, 11) is 1.62. The number of carbonyl (C=O) groups is 1. The van der Waals surface area contributed by atoms with Crippen LogP contribution in [-0.2, 0) is 6.54 Å². The summed E-state index contributed by atoms with van der Waals surface area (Å²) in [4.78, 5) is 13.4. The Morgan fingerprint density at radius 1 is 1.32 bits per heavy atom. The van der Waals surface area contributed by atoms with Gasteiger partial charge in [-0.05, 0) is 17.5 Å². The van der Waals surface area contributed by atoms with Crippen LogP contribution in [0.3, 0.4) is 0 Å². The number of rotatable bonds is 5. The molecule has 0 atom stereocenters. The van der Waals surface area contributed by atoms with Gasteiger partial charge in [-0.3, -0.25) is 9.89 Å². The second-order valence-electron chi connectivity index (χ2n) is 4.63. The number of ether oxygens (including phenoxy) is 1. The molecule has 0 spiro atoms. The zero-order valence-corrected chi connectivity index (χ0v) is 12.8. The van der Waals surface area contributed by atoms with Crippen molar-refractivity contribution in [3.8, 4) is 16.3 Å². The molecular formula is C16H15N3O2S. The molecule has 3 rings (SSSR count). The highest BCUT2D eigenvalue weighted by atomic mass is 32.1. The molecule has 1 aromatic carbocycles. The maximum absolute atomic E-state index is 12.4. The second kappa shape index (κ2) is 6.44. The number of nitrogens with zero attached hydrogens (tertiary/aromatic N) is 1. The standard InChI is InChI=1S/C16H15N3O2S/c1-21-13-6-3-2-5-11(13)9-17-16(20)12-10-18-19-15(12)14-7-4-8-22-14/h2-8,10H,9H2,1H3,(H,17,20)(H,18,19). The zero-order valence-electron chi connectivity index (χ0n) is 12.0. The van der Waals surface area contributed by atoms with E-state index in [1.54, 1.807) is 24.6 Å².